The summed E-state index contributed by atoms with van der Waals surface area (Å²) < 4.78 is 14.6. The molecule has 8 rings (SSSR count). The average molecular weight is 1070 g/mol. The zero-order valence-electron chi connectivity index (χ0n) is 42.9. The molecule has 0 spiro atoms. The van der Waals surface area contributed by atoms with Crippen molar-refractivity contribution >= 4 is 80.9 Å². The predicted molar refractivity (Wildman–Crippen MR) is 277 cm³/mol. The molecule has 0 saturated carbocycles. The molecule has 0 unspecified atom stereocenters. The van der Waals surface area contributed by atoms with Gasteiger partial charge in [0.05, 0.1) is 45.7 Å². The molecule has 0 radical (unpaired) electrons. The molecule has 0 aliphatic heterocycles. The van der Waals surface area contributed by atoms with E-state index in [4.69, 9.17) is 20.9 Å². The first kappa shape index (κ1) is 59.0. The summed E-state index contributed by atoms with van der Waals surface area (Å²) in [7, 11) is 0. The molecular weight excluding hydrogens is 1020 g/mol. The van der Waals surface area contributed by atoms with Gasteiger partial charge >= 0.3 is 59.1 Å². The molecule has 4 aromatic carbocycles. The van der Waals surface area contributed by atoms with E-state index in [1.54, 1.807) is 108 Å². The smallest absolute Gasteiger partial charge is 0.545 e. The number of hydrogen-bond acceptors (Lipinski definition) is 14. The van der Waals surface area contributed by atoms with Crippen LogP contribution in [0.3, 0.4) is 0 Å². The number of pyridine rings is 2. The molecule has 22 heteroatoms. The van der Waals surface area contributed by atoms with E-state index in [-0.39, 0.29) is 140 Å². The number of anilines is 4. The number of carbonyl (C=O) groups excluding carboxylic acids is 8. The van der Waals surface area contributed by atoms with E-state index in [9.17, 15) is 48.6 Å². The van der Waals surface area contributed by atoms with Crippen LogP contribution in [0.4, 0.5) is 22.7 Å². The minimum atomic E-state index is -1.52. The number of carboxylic acids is 2. The van der Waals surface area contributed by atoms with Gasteiger partial charge < -0.3 is 70.8 Å². The van der Waals surface area contributed by atoms with Gasteiger partial charge in [-0.15, -0.1) is 0 Å². The van der Waals surface area contributed by atoms with Gasteiger partial charge in [0, 0.05) is 81.4 Å². The second kappa shape index (κ2) is 26.2. The van der Waals surface area contributed by atoms with Gasteiger partial charge in [0.15, 0.2) is 13.2 Å². The molecule has 0 bridgehead atoms. The number of hydrogen-bond donors (Lipinski definition) is 6. The number of nitrogen functional groups attached to an aromatic ring is 2. The number of nitrogens with one attached hydrogen (secondary N) is 4. The van der Waals surface area contributed by atoms with Crippen LogP contribution < -0.4 is 112 Å². The number of fused-ring (bicyclic) bond motifs is 2. The van der Waals surface area contributed by atoms with Crippen molar-refractivity contribution in [3.63, 3.8) is 0 Å². The van der Waals surface area contributed by atoms with Crippen molar-refractivity contribution in [1.29, 1.82) is 0 Å². The molecule has 8 N–H and O–H groups in total. The van der Waals surface area contributed by atoms with Crippen LogP contribution in [-0.2, 0) is 9.59 Å². The molecule has 8 aromatic rings. The summed E-state index contributed by atoms with van der Waals surface area (Å²) in [5.41, 5.74) is 14.4. The largest absolute Gasteiger partial charge is 1.00 e. The normalized spacial score (nSPS) is 10.6. The Hall–Kier alpha value is -8.24. The number of nitrogens with zero attached hydrogens (tertiary/aromatic N) is 2. The van der Waals surface area contributed by atoms with Crippen LogP contribution in [0.1, 0.15) is 97.5 Å². The number of aromatic carboxylic acids is 2. The van der Waals surface area contributed by atoms with Gasteiger partial charge in [-0.1, -0.05) is 24.3 Å². The number of ether oxygens (including phenoxy) is 2. The standard InChI is InChI=1S/C56H50N8O12.2Na/c1-31-47(43-15-3-7-23-63(43)49(31)51(67)33-17-19-41(57)39(27-33)55(71)72)61-53(69)35-11-9-13-37(25-35)75-29-45(65)59-21-5-6-22-60-46(66)30-76-38-14-10-12-36(26-38)54(70)62-48-32(2)50(64-24-8-4-16-44(48)64)52(68)34-18-20-42(58)40(28-34)56(73)74;;/h3-4,7-20,23-28H,5-6,21-22,29-30,57-58H2,1-2H3,(H,59,65)(H,60,66)(H,61,69)(H,62,70)(H,71,72)(H,73,74);;/q;2*+1/p-2. The topological polar surface area (TPSA) is 310 Å². The van der Waals surface area contributed by atoms with Gasteiger partial charge in [-0.25, -0.2) is 0 Å². The fourth-order valence-electron chi connectivity index (χ4n) is 8.49. The molecule has 386 valence electrons. The first-order chi connectivity index (χ1) is 36.5. The number of ketones is 2. The predicted octanol–water partition coefficient (Wildman–Crippen LogP) is -1.85. The first-order valence-electron chi connectivity index (χ1n) is 23.6. The van der Waals surface area contributed by atoms with Crippen LogP contribution in [0.15, 0.2) is 134 Å². The van der Waals surface area contributed by atoms with Gasteiger partial charge in [0.1, 0.15) is 11.5 Å². The van der Waals surface area contributed by atoms with Crippen molar-refractivity contribution in [2.24, 2.45) is 0 Å². The fourth-order valence-corrected chi connectivity index (χ4v) is 8.49. The summed E-state index contributed by atoms with van der Waals surface area (Å²) >= 11 is 0. The molecule has 0 atom stereocenters. The van der Waals surface area contributed by atoms with E-state index in [0.29, 0.717) is 59.5 Å². The van der Waals surface area contributed by atoms with Crippen LogP contribution in [0.5, 0.6) is 11.5 Å². The molecule has 4 heterocycles. The van der Waals surface area contributed by atoms with E-state index < -0.39 is 47.1 Å². The Morgan fingerprint density at radius 1 is 0.500 bits per heavy atom. The second-order valence-electron chi connectivity index (χ2n) is 17.4. The van der Waals surface area contributed by atoms with E-state index >= 15 is 0 Å². The number of carbonyl (C=O) groups is 8. The van der Waals surface area contributed by atoms with Crippen LogP contribution in [0, 0.1) is 13.8 Å². The Labute approximate surface area is 490 Å². The second-order valence-corrected chi connectivity index (χ2v) is 17.4. The summed E-state index contributed by atoms with van der Waals surface area (Å²) in [4.78, 5) is 103. The summed E-state index contributed by atoms with van der Waals surface area (Å²) in [5.74, 6) is -5.39. The molecule has 0 saturated heterocycles. The van der Waals surface area contributed by atoms with Crippen LogP contribution >= 0.6 is 0 Å². The zero-order chi connectivity index (χ0) is 54.2. The van der Waals surface area contributed by atoms with Crippen LogP contribution in [-0.4, -0.2) is 82.2 Å². The summed E-state index contributed by atoms with van der Waals surface area (Å²) in [6.07, 6.45) is 4.36. The molecule has 0 aliphatic carbocycles. The number of rotatable bonds is 21. The van der Waals surface area contributed by atoms with Crippen molar-refractivity contribution in [3.8, 4) is 11.5 Å². The molecular formula is C56H48N8Na2O12. The third-order valence-corrected chi connectivity index (χ3v) is 12.3. The average Bonchev–Trinajstić information content (AvgIpc) is 3.88. The zero-order valence-corrected chi connectivity index (χ0v) is 46.9. The Balaban J connectivity index is 0.00000492. The fraction of sp³-hybridized carbons (Fsp3) is 0.143. The SMILES string of the molecule is Cc1c(NC(=O)c2cccc(OCC(=O)NCCCCNC(=O)COc3cccc(C(=O)Nc4c(C)c(C(=O)c5ccc(N)c(C(=O)[O-])c5)n5ccccc45)c3)c2)c2ccccn2c1C(=O)c1ccc(N)c(C(=O)[O-])c1.[Na+].[Na+]. The number of unbranched alkanes of at least 4 members (excludes halogenated alkanes) is 1. The van der Waals surface area contributed by atoms with E-state index in [1.807, 2.05) is 0 Å². The Morgan fingerprint density at radius 3 is 1.28 bits per heavy atom. The van der Waals surface area contributed by atoms with E-state index in [1.165, 1.54) is 36.4 Å². The van der Waals surface area contributed by atoms with Gasteiger partial charge in [-0.2, -0.15) is 0 Å². The molecule has 0 fully saturated rings. The van der Waals surface area contributed by atoms with Gasteiger partial charge in [-0.05, 0) is 124 Å². The Bertz CT molecular complexity index is 3430. The summed E-state index contributed by atoms with van der Waals surface area (Å²) in [6.45, 7) is 3.24. The number of nitrogens with two attached hydrogens (primary N) is 2. The number of benzene rings is 4. The van der Waals surface area contributed by atoms with Gasteiger partial charge in [0.25, 0.3) is 23.6 Å². The van der Waals surface area contributed by atoms with Gasteiger partial charge in [-0.3, -0.25) is 28.8 Å². The number of amides is 4. The maximum Gasteiger partial charge on any atom is 1.00 e. The number of carboxylic acid groups (broad SMARTS) is 2. The quantitative estimate of drug-likeness (QED) is 0.0199. The minimum absolute atomic E-state index is 0. The molecule has 78 heavy (non-hydrogen) atoms. The summed E-state index contributed by atoms with van der Waals surface area (Å²) in [6, 6.07) is 30.6. The monoisotopic (exact) mass is 1070 g/mol. The Kier molecular flexibility index (Phi) is 19.8. The van der Waals surface area contributed by atoms with E-state index in [2.05, 4.69) is 21.3 Å². The van der Waals surface area contributed by atoms with Crippen molar-refractivity contribution in [2.45, 2.75) is 26.7 Å². The number of aromatic nitrogens is 2. The Morgan fingerprint density at radius 2 is 0.897 bits per heavy atom. The van der Waals surface area contributed by atoms with Crippen LogP contribution in [0.25, 0.3) is 11.0 Å². The first-order valence-corrected chi connectivity index (χ1v) is 23.6. The molecule has 4 amide bonds. The molecule has 0 aliphatic rings. The van der Waals surface area contributed by atoms with Crippen molar-refractivity contribution in [3.05, 3.63) is 190 Å². The van der Waals surface area contributed by atoms with E-state index in [0.717, 1.165) is 12.1 Å². The van der Waals surface area contributed by atoms with Crippen molar-refractivity contribution < 1.29 is 117 Å². The minimum Gasteiger partial charge on any atom is -0.545 e. The maximum absolute atomic E-state index is 13.8. The third-order valence-electron chi connectivity index (χ3n) is 12.3. The van der Waals surface area contributed by atoms with Crippen LogP contribution in [0.2, 0.25) is 0 Å². The third kappa shape index (κ3) is 13.3. The van der Waals surface area contributed by atoms with Gasteiger partial charge in [0.2, 0.25) is 11.6 Å². The maximum atomic E-state index is 13.8. The van der Waals surface area contributed by atoms with Crippen molar-refractivity contribution in [2.75, 3.05) is 48.4 Å². The molecule has 4 aromatic heterocycles. The summed E-state index contributed by atoms with van der Waals surface area (Å²) in [5, 5.41) is 34.5. The molecule has 20 nitrogen and oxygen atoms in total. The van der Waals surface area contributed by atoms with Crippen molar-refractivity contribution in [1.82, 2.24) is 19.4 Å².